The Kier molecular flexibility index (Phi) is 7.36. The highest BCUT2D eigenvalue weighted by atomic mass is 35.5. The van der Waals surface area contributed by atoms with Crippen LogP contribution < -0.4 is 4.74 Å². The minimum atomic E-state index is -0.306. The van der Waals surface area contributed by atoms with E-state index in [4.69, 9.17) is 40.2 Å². The molecule has 0 bridgehead atoms. The molecule has 0 N–H and O–H groups in total. The molecule has 1 aliphatic rings. The fourth-order valence-corrected chi connectivity index (χ4v) is 5.27. The number of rotatable bonds is 7. The van der Waals surface area contributed by atoms with Crippen molar-refractivity contribution < 1.29 is 13.9 Å². The molecule has 3 nitrogen and oxygen atoms in total. The molecular formula is C24H18Cl2FNO2S2. The smallest absolute Gasteiger partial charge is 0.242 e. The fourth-order valence-electron chi connectivity index (χ4n) is 3.28. The first-order chi connectivity index (χ1) is 15.4. The van der Waals surface area contributed by atoms with Crippen molar-refractivity contribution in [3.63, 3.8) is 0 Å². The summed E-state index contributed by atoms with van der Waals surface area (Å²) in [6, 6.07) is 19.0. The summed E-state index contributed by atoms with van der Waals surface area (Å²) in [4.78, 5) is 14.5. The van der Waals surface area contributed by atoms with E-state index >= 15 is 0 Å². The van der Waals surface area contributed by atoms with Crippen LogP contribution in [-0.4, -0.2) is 20.4 Å². The van der Waals surface area contributed by atoms with Crippen LogP contribution in [0.4, 0.5) is 4.39 Å². The number of carbonyl (C=O) groups is 1. The number of halogens is 3. The Morgan fingerprint density at radius 2 is 1.69 bits per heavy atom. The van der Waals surface area contributed by atoms with E-state index in [9.17, 15) is 9.18 Å². The number of nitrogens with zero attached hydrogens (tertiary/aromatic N) is 1. The Labute approximate surface area is 205 Å². The molecule has 0 saturated carbocycles. The van der Waals surface area contributed by atoms with Crippen LogP contribution in [0.5, 0.6) is 5.75 Å². The highest BCUT2D eigenvalue weighted by molar-refractivity contribution is 8.24. The monoisotopic (exact) mass is 505 g/mol. The number of thiocarbonyl (C=S) groups is 1. The average molecular weight is 506 g/mol. The molecule has 3 aromatic carbocycles. The normalized spacial score (nSPS) is 16.0. The third-order valence-corrected chi connectivity index (χ3v) is 7.18. The lowest BCUT2D eigenvalue weighted by atomic mass is 10.1. The number of hydrogen-bond donors (Lipinski definition) is 0. The lowest BCUT2D eigenvalue weighted by Gasteiger charge is -2.15. The lowest BCUT2D eigenvalue weighted by molar-refractivity contribution is -0.126. The summed E-state index contributed by atoms with van der Waals surface area (Å²) < 4.78 is 19.5. The van der Waals surface area contributed by atoms with Gasteiger partial charge in [0, 0.05) is 15.6 Å². The number of amides is 1. The summed E-state index contributed by atoms with van der Waals surface area (Å²) >= 11 is 18.9. The van der Waals surface area contributed by atoms with Crippen molar-refractivity contribution in [3.05, 3.63) is 99.3 Å². The molecule has 0 unspecified atom stereocenters. The van der Waals surface area contributed by atoms with Gasteiger partial charge in [0.15, 0.2) is 0 Å². The molecule has 8 heteroatoms. The molecule has 1 fully saturated rings. The van der Waals surface area contributed by atoms with Gasteiger partial charge in [0.25, 0.3) is 0 Å². The molecule has 32 heavy (non-hydrogen) atoms. The van der Waals surface area contributed by atoms with Gasteiger partial charge in [-0.1, -0.05) is 77.5 Å². The number of benzene rings is 3. The number of thioether (sulfide) groups is 1. The average Bonchev–Trinajstić information content (AvgIpc) is 3.03. The molecule has 1 atom stereocenters. The zero-order valence-electron chi connectivity index (χ0n) is 16.8. The second kappa shape index (κ2) is 10.2. The molecule has 1 heterocycles. The zero-order chi connectivity index (χ0) is 22.7. The number of ether oxygens (including phenoxy) is 1. The van der Waals surface area contributed by atoms with Crippen LogP contribution in [0.25, 0.3) is 0 Å². The van der Waals surface area contributed by atoms with Crippen LogP contribution in [0, 0.1) is 5.82 Å². The molecule has 0 aromatic heterocycles. The van der Waals surface area contributed by atoms with Gasteiger partial charge in [0.05, 0.1) is 11.8 Å². The molecule has 0 spiro atoms. The van der Waals surface area contributed by atoms with Gasteiger partial charge in [0.1, 0.15) is 22.5 Å². The fraction of sp³-hybridized carbons (Fsp3) is 0.167. The van der Waals surface area contributed by atoms with Crippen LogP contribution in [0.1, 0.15) is 16.7 Å². The Morgan fingerprint density at radius 1 is 1.00 bits per heavy atom. The quantitative estimate of drug-likeness (QED) is 0.334. The zero-order valence-corrected chi connectivity index (χ0v) is 19.9. The van der Waals surface area contributed by atoms with Crippen LogP contribution in [0.15, 0.2) is 66.7 Å². The van der Waals surface area contributed by atoms with E-state index in [1.165, 1.54) is 23.9 Å². The Hall–Kier alpha value is -2.12. The van der Waals surface area contributed by atoms with Gasteiger partial charge in [-0.05, 0) is 53.9 Å². The van der Waals surface area contributed by atoms with Crippen molar-refractivity contribution in [3.8, 4) is 5.75 Å². The Bertz CT molecular complexity index is 1140. The largest absolute Gasteiger partial charge is 0.489 e. The molecule has 0 aliphatic carbocycles. The maximum atomic E-state index is 13.1. The third-order valence-electron chi connectivity index (χ3n) is 5.01. The van der Waals surface area contributed by atoms with Crippen molar-refractivity contribution in [2.24, 2.45) is 0 Å². The van der Waals surface area contributed by atoms with Crippen molar-refractivity contribution in [1.82, 2.24) is 4.90 Å². The minimum absolute atomic E-state index is 0.0259. The third kappa shape index (κ3) is 5.62. The van der Waals surface area contributed by atoms with E-state index in [1.54, 1.807) is 29.2 Å². The van der Waals surface area contributed by atoms with E-state index < -0.39 is 0 Å². The van der Waals surface area contributed by atoms with Crippen molar-refractivity contribution in [2.75, 3.05) is 0 Å². The maximum absolute atomic E-state index is 13.1. The van der Waals surface area contributed by atoms with Gasteiger partial charge < -0.3 is 4.74 Å². The van der Waals surface area contributed by atoms with Crippen molar-refractivity contribution in [2.45, 2.75) is 24.8 Å². The topological polar surface area (TPSA) is 29.5 Å². The number of hydrogen-bond acceptors (Lipinski definition) is 4. The SMILES string of the molecule is O=C1[C@@H](Cc2ccc(OCc3ccc(Cl)cc3Cl)cc2)SC(=S)N1Cc1ccc(F)cc1. The summed E-state index contributed by atoms with van der Waals surface area (Å²) in [7, 11) is 0. The highest BCUT2D eigenvalue weighted by Crippen LogP contribution is 2.31. The summed E-state index contributed by atoms with van der Waals surface area (Å²) in [6.45, 7) is 0.681. The summed E-state index contributed by atoms with van der Waals surface area (Å²) in [6.07, 6.45) is 0.562. The van der Waals surface area contributed by atoms with Gasteiger partial charge in [-0.15, -0.1) is 0 Å². The molecule has 3 aromatic rings. The highest BCUT2D eigenvalue weighted by Gasteiger charge is 2.36. The summed E-state index contributed by atoms with van der Waals surface area (Å²) in [5.41, 5.74) is 2.70. The van der Waals surface area contributed by atoms with E-state index in [2.05, 4.69) is 0 Å². The molecule has 1 aliphatic heterocycles. The van der Waals surface area contributed by atoms with E-state index in [1.807, 2.05) is 30.3 Å². The van der Waals surface area contributed by atoms with Crippen molar-refractivity contribution in [1.29, 1.82) is 0 Å². The van der Waals surface area contributed by atoms with Gasteiger partial charge in [0.2, 0.25) is 5.91 Å². The maximum Gasteiger partial charge on any atom is 0.242 e. The predicted octanol–water partition coefficient (Wildman–Crippen LogP) is 6.68. The molecule has 4 rings (SSSR count). The van der Waals surface area contributed by atoms with E-state index in [0.717, 1.165) is 16.7 Å². The van der Waals surface area contributed by atoms with Gasteiger partial charge >= 0.3 is 0 Å². The van der Waals surface area contributed by atoms with E-state index in [-0.39, 0.29) is 17.0 Å². The second-order valence-electron chi connectivity index (χ2n) is 7.30. The molecule has 1 amide bonds. The first-order valence-electron chi connectivity index (χ1n) is 9.81. The van der Waals surface area contributed by atoms with E-state index in [0.29, 0.717) is 39.7 Å². The summed E-state index contributed by atoms with van der Waals surface area (Å²) in [5, 5.41) is 0.868. The Morgan fingerprint density at radius 3 is 2.38 bits per heavy atom. The molecule has 1 saturated heterocycles. The summed E-state index contributed by atoms with van der Waals surface area (Å²) in [5.74, 6) is 0.376. The van der Waals surface area contributed by atoms with Gasteiger partial charge in [-0.3, -0.25) is 9.69 Å². The predicted molar refractivity (Wildman–Crippen MR) is 132 cm³/mol. The molecule has 164 valence electrons. The van der Waals surface area contributed by atoms with Gasteiger partial charge in [-0.25, -0.2) is 4.39 Å². The van der Waals surface area contributed by atoms with Crippen LogP contribution in [0.3, 0.4) is 0 Å². The van der Waals surface area contributed by atoms with Crippen molar-refractivity contribution >= 4 is 57.4 Å². The second-order valence-corrected chi connectivity index (χ2v) is 9.98. The number of carbonyl (C=O) groups excluding carboxylic acids is 1. The Balaban J connectivity index is 1.34. The molecular weight excluding hydrogens is 488 g/mol. The van der Waals surface area contributed by atoms with Crippen LogP contribution in [0.2, 0.25) is 10.0 Å². The molecule has 0 radical (unpaired) electrons. The first kappa shape index (κ1) is 23.1. The standard InChI is InChI=1S/C24H18Cl2FNO2S2/c25-18-6-5-17(21(26)12-18)14-30-20-9-3-15(4-10-20)11-22-23(29)28(24(31)32-22)13-16-1-7-19(27)8-2-16/h1-10,12,22H,11,13-14H2/t22-/m1/s1. The van der Waals surface area contributed by atoms with Crippen LogP contribution in [-0.2, 0) is 24.4 Å². The minimum Gasteiger partial charge on any atom is -0.489 e. The van der Waals surface area contributed by atoms with Crippen LogP contribution >= 0.6 is 47.2 Å². The van der Waals surface area contributed by atoms with Gasteiger partial charge in [-0.2, -0.15) is 0 Å². The lowest BCUT2D eigenvalue weighted by Crippen LogP contribution is -2.31. The first-order valence-corrected chi connectivity index (χ1v) is 11.9.